The van der Waals surface area contributed by atoms with Gasteiger partial charge in [-0.3, -0.25) is 14.4 Å². The zero-order valence-electron chi connectivity index (χ0n) is 19.3. The summed E-state index contributed by atoms with van der Waals surface area (Å²) in [6.07, 6.45) is 0.319. The normalized spacial score (nSPS) is 17.2. The van der Waals surface area contributed by atoms with E-state index in [1.54, 1.807) is 31.2 Å². The van der Waals surface area contributed by atoms with E-state index >= 15 is 0 Å². The van der Waals surface area contributed by atoms with Crippen LogP contribution >= 0.6 is 0 Å². The van der Waals surface area contributed by atoms with E-state index in [9.17, 15) is 14.4 Å². The second-order valence-electron chi connectivity index (χ2n) is 8.34. The molecule has 0 saturated carbocycles. The van der Waals surface area contributed by atoms with Gasteiger partial charge in [0.15, 0.2) is 5.78 Å². The van der Waals surface area contributed by atoms with Gasteiger partial charge in [0, 0.05) is 12.5 Å². The van der Waals surface area contributed by atoms with Crippen molar-refractivity contribution < 1.29 is 33.3 Å². The molecule has 0 spiro atoms. The molecule has 32 heavy (non-hydrogen) atoms. The Morgan fingerprint density at radius 3 is 2.31 bits per heavy atom. The number of carbonyl (C=O) groups is 3. The smallest absolute Gasteiger partial charge is 0.309 e. The second kappa shape index (κ2) is 9.02. The molecule has 2 aromatic carbocycles. The highest BCUT2D eigenvalue weighted by atomic mass is 16.6. The van der Waals surface area contributed by atoms with Crippen LogP contribution in [0.5, 0.6) is 17.2 Å². The molecule has 0 fully saturated rings. The fourth-order valence-electron chi connectivity index (χ4n) is 3.82. The van der Waals surface area contributed by atoms with E-state index in [0.717, 1.165) is 16.7 Å². The first kappa shape index (κ1) is 23.3. The van der Waals surface area contributed by atoms with E-state index in [2.05, 4.69) is 4.74 Å². The van der Waals surface area contributed by atoms with Gasteiger partial charge in [0.2, 0.25) is 0 Å². The minimum absolute atomic E-state index is 0.0835. The summed E-state index contributed by atoms with van der Waals surface area (Å²) in [4.78, 5) is 36.0. The van der Waals surface area contributed by atoms with Crippen LogP contribution in [0.4, 0.5) is 0 Å². The standard InChI is InChI=1S/C25H28O7/c1-14-15(2)24-22(16(3)23(14)31-17(4)26)20(27)12-25(5,32-24)13-30-19-9-7-18(8-10-19)11-21(28)29-6/h7-10H,11-13H2,1-6H3. The molecule has 1 heterocycles. The van der Waals surface area contributed by atoms with Crippen molar-refractivity contribution in [3.8, 4) is 17.2 Å². The molecule has 0 saturated heterocycles. The fraction of sp³-hybridized carbons (Fsp3) is 0.400. The molecule has 0 aromatic heterocycles. The first-order valence-corrected chi connectivity index (χ1v) is 10.4. The van der Waals surface area contributed by atoms with Gasteiger partial charge >= 0.3 is 11.9 Å². The molecule has 1 unspecified atom stereocenters. The van der Waals surface area contributed by atoms with Crippen molar-refractivity contribution in [1.29, 1.82) is 0 Å². The van der Waals surface area contributed by atoms with E-state index in [-0.39, 0.29) is 31.2 Å². The molecule has 0 radical (unpaired) electrons. The van der Waals surface area contributed by atoms with Gasteiger partial charge in [-0.05, 0) is 56.5 Å². The van der Waals surface area contributed by atoms with Crippen molar-refractivity contribution in [3.63, 3.8) is 0 Å². The molecule has 1 atom stereocenters. The van der Waals surface area contributed by atoms with E-state index in [1.807, 2.05) is 20.8 Å². The highest BCUT2D eigenvalue weighted by molar-refractivity contribution is 6.03. The largest absolute Gasteiger partial charge is 0.489 e. The van der Waals surface area contributed by atoms with Crippen LogP contribution in [0.1, 0.15) is 52.9 Å². The molecule has 2 aromatic rings. The molecule has 3 rings (SSSR count). The lowest BCUT2D eigenvalue weighted by molar-refractivity contribution is -0.139. The first-order chi connectivity index (χ1) is 15.0. The molecule has 0 N–H and O–H groups in total. The molecule has 1 aliphatic heterocycles. The Morgan fingerprint density at radius 1 is 1.06 bits per heavy atom. The van der Waals surface area contributed by atoms with E-state index in [1.165, 1.54) is 14.0 Å². The Balaban J connectivity index is 1.80. The number of Topliss-reactive ketones (excluding diaryl/α,β-unsaturated/α-hetero) is 1. The van der Waals surface area contributed by atoms with Gasteiger partial charge in [-0.2, -0.15) is 0 Å². The van der Waals surface area contributed by atoms with Crippen LogP contribution in [0.25, 0.3) is 0 Å². The number of rotatable bonds is 6. The summed E-state index contributed by atoms with van der Waals surface area (Å²) < 4.78 is 22.3. The van der Waals surface area contributed by atoms with Gasteiger partial charge in [0.25, 0.3) is 0 Å². The number of esters is 2. The Bertz CT molecular complexity index is 1070. The average molecular weight is 440 g/mol. The summed E-state index contributed by atoms with van der Waals surface area (Å²) >= 11 is 0. The number of methoxy groups -OCH3 is 1. The van der Waals surface area contributed by atoms with Gasteiger partial charge in [0.1, 0.15) is 29.5 Å². The maximum absolute atomic E-state index is 13.1. The number of carbonyl (C=O) groups excluding carboxylic acids is 3. The third-order valence-electron chi connectivity index (χ3n) is 5.64. The van der Waals surface area contributed by atoms with Gasteiger partial charge < -0.3 is 18.9 Å². The predicted molar refractivity (Wildman–Crippen MR) is 118 cm³/mol. The number of ether oxygens (including phenoxy) is 4. The van der Waals surface area contributed by atoms with Crippen LogP contribution in [0.15, 0.2) is 24.3 Å². The van der Waals surface area contributed by atoms with Gasteiger partial charge in [-0.15, -0.1) is 0 Å². The molecule has 7 heteroatoms. The Hall–Kier alpha value is -3.35. The third kappa shape index (κ3) is 4.77. The number of fused-ring (bicyclic) bond motifs is 1. The quantitative estimate of drug-likeness (QED) is 0.494. The monoisotopic (exact) mass is 440 g/mol. The highest BCUT2D eigenvalue weighted by Crippen LogP contribution is 2.43. The summed E-state index contributed by atoms with van der Waals surface area (Å²) in [5.74, 6) is 0.701. The molecule has 0 amide bonds. The topological polar surface area (TPSA) is 88.1 Å². The van der Waals surface area contributed by atoms with Gasteiger partial charge in [-0.25, -0.2) is 0 Å². The van der Waals surface area contributed by atoms with Crippen molar-refractivity contribution in [2.75, 3.05) is 13.7 Å². The van der Waals surface area contributed by atoms with Crippen molar-refractivity contribution in [3.05, 3.63) is 52.1 Å². The lowest BCUT2D eigenvalue weighted by atomic mass is 9.86. The lowest BCUT2D eigenvalue weighted by Crippen LogP contribution is -2.45. The summed E-state index contributed by atoms with van der Waals surface area (Å²) in [7, 11) is 1.35. The molecular formula is C25H28O7. The summed E-state index contributed by atoms with van der Waals surface area (Å²) in [6, 6.07) is 7.13. The van der Waals surface area contributed by atoms with Crippen LogP contribution < -0.4 is 14.2 Å². The molecule has 170 valence electrons. The van der Waals surface area contributed by atoms with Crippen LogP contribution in [-0.4, -0.2) is 37.0 Å². The van der Waals surface area contributed by atoms with E-state index in [4.69, 9.17) is 14.2 Å². The Morgan fingerprint density at radius 2 is 1.72 bits per heavy atom. The number of hydrogen-bond acceptors (Lipinski definition) is 7. The second-order valence-corrected chi connectivity index (χ2v) is 8.34. The SMILES string of the molecule is COC(=O)Cc1ccc(OCC2(C)CC(=O)c3c(C)c(OC(C)=O)c(C)c(C)c3O2)cc1. The molecular weight excluding hydrogens is 412 g/mol. The van der Waals surface area contributed by atoms with E-state index in [0.29, 0.717) is 28.4 Å². The zero-order valence-corrected chi connectivity index (χ0v) is 19.3. The zero-order chi connectivity index (χ0) is 23.6. The molecule has 1 aliphatic rings. The maximum Gasteiger partial charge on any atom is 0.309 e. The van der Waals surface area contributed by atoms with Crippen molar-refractivity contribution in [2.45, 2.75) is 53.1 Å². The van der Waals surface area contributed by atoms with Crippen LogP contribution in [0.3, 0.4) is 0 Å². The lowest BCUT2D eigenvalue weighted by Gasteiger charge is -2.36. The van der Waals surface area contributed by atoms with Gasteiger partial charge in [-0.1, -0.05) is 12.1 Å². The molecule has 0 bridgehead atoms. The predicted octanol–water partition coefficient (Wildman–Crippen LogP) is 4.06. The molecule has 7 nitrogen and oxygen atoms in total. The highest BCUT2D eigenvalue weighted by Gasteiger charge is 2.40. The summed E-state index contributed by atoms with van der Waals surface area (Å²) in [5.41, 5.74) is 2.53. The van der Waals surface area contributed by atoms with Gasteiger partial charge in [0.05, 0.1) is 25.5 Å². The summed E-state index contributed by atoms with van der Waals surface area (Å²) in [5, 5.41) is 0. The minimum Gasteiger partial charge on any atom is -0.489 e. The number of benzene rings is 2. The minimum atomic E-state index is -0.860. The molecule has 0 aliphatic carbocycles. The number of hydrogen-bond donors (Lipinski definition) is 0. The van der Waals surface area contributed by atoms with Crippen LogP contribution in [-0.2, 0) is 20.7 Å². The third-order valence-corrected chi connectivity index (χ3v) is 5.64. The van der Waals surface area contributed by atoms with Crippen molar-refractivity contribution in [1.82, 2.24) is 0 Å². The van der Waals surface area contributed by atoms with Crippen molar-refractivity contribution >= 4 is 17.7 Å². The number of ketones is 1. The Kier molecular flexibility index (Phi) is 6.57. The first-order valence-electron chi connectivity index (χ1n) is 10.4. The van der Waals surface area contributed by atoms with Crippen LogP contribution in [0.2, 0.25) is 0 Å². The maximum atomic E-state index is 13.1. The fourth-order valence-corrected chi connectivity index (χ4v) is 3.82. The Labute approximate surface area is 187 Å². The van der Waals surface area contributed by atoms with Crippen molar-refractivity contribution in [2.24, 2.45) is 0 Å². The average Bonchev–Trinajstić information content (AvgIpc) is 2.74. The van der Waals surface area contributed by atoms with E-state index < -0.39 is 11.6 Å². The summed E-state index contributed by atoms with van der Waals surface area (Å²) in [6.45, 7) is 8.79. The van der Waals surface area contributed by atoms with Crippen LogP contribution in [0, 0.1) is 20.8 Å².